The summed E-state index contributed by atoms with van der Waals surface area (Å²) >= 11 is 0. The van der Waals surface area contributed by atoms with Gasteiger partial charge in [0.15, 0.2) is 0 Å². The molecule has 1 atom stereocenters. The number of nitrogens with zero attached hydrogens (tertiary/aromatic N) is 1. The van der Waals surface area contributed by atoms with E-state index in [-0.39, 0.29) is 6.10 Å². The highest BCUT2D eigenvalue weighted by molar-refractivity contribution is 5.79. The number of hydrogen-bond acceptors (Lipinski definition) is 3. The van der Waals surface area contributed by atoms with Crippen LogP contribution >= 0.6 is 0 Å². The average Bonchev–Trinajstić information content (AvgIpc) is 2.89. The van der Waals surface area contributed by atoms with Crippen molar-refractivity contribution in [3.8, 4) is 6.01 Å². The lowest BCUT2D eigenvalue weighted by Crippen LogP contribution is -2.15. The van der Waals surface area contributed by atoms with E-state index in [1.165, 1.54) is 11.1 Å². The first kappa shape index (κ1) is 12.3. The topological polar surface area (TPSA) is 63.9 Å². The number of nitrogens with one attached hydrogen (secondary N) is 1. The van der Waals surface area contributed by atoms with Crippen molar-refractivity contribution >= 4 is 16.7 Å². The monoisotopic (exact) mass is 279 g/mol. The van der Waals surface area contributed by atoms with Gasteiger partial charge in [-0.2, -0.15) is 4.98 Å². The molecule has 106 valence electrons. The molecule has 1 aromatic heterocycles. The highest BCUT2D eigenvalue weighted by atomic mass is 16.5. The number of aromatic amines is 1. The molecule has 0 fully saturated rings. The average molecular weight is 279 g/mol. The number of aromatic nitrogens is 2. The van der Waals surface area contributed by atoms with Crippen molar-refractivity contribution in [2.24, 2.45) is 0 Å². The molecule has 4 heteroatoms. The van der Waals surface area contributed by atoms with Gasteiger partial charge in [-0.1, -0.05) is 24.3 Å². The minimum Gasteiger partial charge on any atom is -0.457 e. The first-order valence-corrected chi connectivity index (χ1v) is 7.29. The van der Waals surface area contributed by atoms with Crippen LogP contribution in [0.3, 0.4) is 0 Å². The van der Waals surface area contributed by atoms with E-state index in [1.54, 1.807) is 0 Å². The van der Waals surface area contributed by atoms with Crippen LogP contribution in [0, 0.1) is 0 Å². The first-order chi connectivity index (χ1) is 10.3. The lowest BCUT2D eigenvalue weighted by Gasteiger charge is -2.25. The Bertz CT molecular complexity index is 794. The predicted octanol–water partition coefficient (Wildman–Crippen LogP) is 3.60. The van der Waals surface area contributed by atoms with Gasteiger partial charge in [0, 0.05) is 5.69 Å². The molecule has 4 rings (SSSR count). The quantitative estimate of drug-likeness (QED) is 0.704. The Labute approximate surface area is 123 Å². The van der Waals surface area contributed by atoms with Gasteiger partial charge in [-0.25, -0.2) is 0 Å². The fourth-order valence-corrected chi connectivity index (χ4v) is 3.03. The fourth-order valence-electron chi connectivity index (χ4n) is 3.03. The number of nitrogen functional groups attached to an aromatic ring is 1. The molecule has 0 spiro atoms. The maximum absolute atomic E-state index is 6.10. The van der Waals surface area contributed by atoms with Crippen molar-refractivity contribution in [1.82, 2.24) is 9.97 Å². The van der Waals surface area contributed by atoms with Crippen LogP contribution in [-0.4, -0.2) is 9.97 Å². The first-order valence-electron chi connectivity index (χ1n) is 7.29. The van der Waals surface area contributed by atoms with Gasteiger partial charge < -0.3 is 15.5 Å². The number of nitrogens with two attached hydrogens (primary N) is 1. The van der Waals surface area contributed by atoms with Crippen molar-refractivity contribution in [3.05, 3.63) is 53.6 Å². The summed E-state index contributed by atoms with van der Waals surface area (Å²) in [7, 11) is 0. The molecule has 1 unspecified atom stereocenters. The molecule has 0 amide bonds. The van der Waals surface area contributed by atoms with E-state index in [9.17, 15) is 0 Å². The van der Waals surface area contributed by atoms with Crippen LogP contribution in [0.2, 0.25) is 0 Å². The van der Waals surface area contributed by atoms with Crippen molar-refractivity contribution in [1.29, 1.82) is 0 Å². The lowest BCUT2D eigenvalue weighted by molar-refractivity contribution is 0.170. The number of imidazole rings is 1. The fraction of sp³-hybridized carbons (Fsp3) is 0.235. The molecule has 21 heavy (non-hydrogen) atoms. The van der Waals surface area contributed by atoms with Gasteiger partial charge in [0.25, 0.3) is 6.01 Å². The van der Waals surface area contributed by atoms with Crippen molar-refractivity contribution < 1.29 is 4.74 Å². The van der Waals surface area contributed by atoms with Crippen LogP contribution in [0.25, 0.3) is 11.0 Å². The molecule has 4 nitrogen and oxygen atoms in total. The summed E-state index contributed by atoms with van der Waals surface area (Å²) < 4.78 is 6.10. The molecule has 0 saturated carbocycles. The minimum absolute atomic E-state index is 0.0767. The number of rotatable bonds is 2. The second kappa shape index (κ2) is 4.81. The summed E-state index contributed by atoms with van der Waals surface area (Å²) in [5.41, 5.74) is 11.0. The van der Waals surface area contributed by atoms with Crippen LogP contribution in [-0.2, 0) is 6.42 Å². The van der Waals surface area contributed by atoms with E-state index in [4.69, 9.17) is 10.5 Å². The normalized spacial score (nSPS) is 17.6. The third-order valence-corrected chi connectivity index (χ3v) is 4.05. The van der Waals surface area contributed by atoms with E-state index in [0.29, 0.717) is 6.01 Å². The van der Waals surface area contributed by atoms with Gasteiger partial charge in [0.2, 0.25) is 0 Å². The van der Waals surface area contributed by atoms with Gasteiger partial charge >= 0.3 is 0 Å². The second-order valence-electron chi connectivity index (χ2n) is 5.52. The Kier molecular flexibility index (Phi) is 2.81. The third-order valence-electron chi connectivity index (χ3n) is 4.05. The van der Waals surface area contributed by atoms with Crippen molar-refractivity contribution in [2.45, 2.75) is 25.4 Å². The highest BCUT2D eigenvalue weighted by Crippen LogP contribution is 2.33. The summed E-state index contributed by atoms with van der Waals surface area (Å²) in [6.07, 6.45) is 3.38. The molecule has 1 aliphatic carbocycles. The Morgan fingerprint density at radius 3 is 3.05 bits per heavy atom. The van der Waals surface area contributed by atoms with E-state index in [2.05, 4.69) is 34.2 Å². The molecule has 0 saturated heterocycles. The zero-order valence-corrected chi connectivity index (χ0v) is 11.7. The van der Waals surface area contributed by atoms with Gasteiger partial charge in [-0.05, 0) is 48.6 Å². The molecule has 0 bridgehead atoms. The van der Waals surface area contributed by atoms with Crippen LogP contribution in [0.15, 0.2) is 42.5 Å². The Hall–Kier alpha value is -2.49. The van der Waals surface area contributed by atoms with Gasteiger partial charge in [0.05, 0.1) is 11.0 Å². The van der Waals surface area contributed by atoms with Crippen LogP contribution in [0.1, 0.15) is 30.1 Å². The third kappa shape index (κ3) is 2.23. The van der Waals surface area contributed by atoms with Crippen LogP contribution in [0.4, 0.5) is 5.69 Å². The Morgan fingerprint density at radius 2 is 2.10 bits per heavy atom. The van der Waals surface area contributed by atoms with Crippen molar-refractivity contribution in [3.63, 3.8) is 0 Å². The SMILES string of the molecule is Nc1ccc2nc(OC3CCCc4ccccc43)[nH]c2c1. The Morgan fingerprint density at radius 1 is 1.19 bits per heavy atom. The zero-order valence-electron chi connectivity index (χ0n) is 11.7. The standard InChI is InChI=1S/C17H17N3O/c18-12-8-9-14-15(10-12)20-17(19-14)21-16-7-3-5-11-4-1-2-6-13(11)16/h1-2,4,6,8-10,16H,3,5,7,18H2,(H,19,20). The number of aryl methyl sites for hydroxylation is 1. The number of ether oxygens (including phenoxy) is 1. The molecule has 0 aliphatic heterocycles. The van der Waals surface area contributed by atoms with Gasteiger partial charge in [-0.15, -0.1) is 0 Å². The highest BCUT2D eigenvalue weighted by Gasteiger charge is 2.22. The smallest absolute Gasteiger partial charge is 0.295 e. The summed E-state index contributed by atoms with van der Waals surface area (Å²) in [5.74, 6) is 0. The second-order valence-corrected chi connectivity index (χ2v) is 5.52. The molecule has 1 heterocycles. The lowest BCUT2D eigenvalue weighted by atomic mass is 9.89. The molecular weight excluding hydrogens is 262 g/mol. The maximum Gasteiger partial charge on any atom is 0.295 e. The van der Waals surface area contributed by atoms with Crippen molar-refractivity contribution in [2.75, 3.05) is 5.73 Å². The number of H-pyrrole nitrogens is 1. The molecule has 0 radical (unpaired) electrons. The van der Waals surface area contributed by atoms with E-state index >= 15 is 0 Å². The molecule has 3 aromatic rings. The van der Waals surface area contributed by atoms with Gasteiger partial charge in [0.1, 0.15) is 6.10 Å². The van der Waals surface area contributed by atoms with E-state index in [0.717, 1.165) is 36.0 Å². The minimum atomic E-state index is 0.0767. The zero-order chi connectivity index (χ0) is 14.2. The number of benzene rings is 2. The molecule has 2 aromatic carbocycles. The van der Waals surface area contributed by atoms with Gasteiger partial charge in [-0.3, -0.25) is 0 Å². The number of fused-ring (bicyclic) bond motifs is 2. The summed E-state index contributed by atoms with van der Waals surface area (Å²) in [5, 5.41) is 0. The van der Waals surface area contributed by atoms with Crippen LogP contribution < -0.4 is 10.5 Å². The van der Waals surface area contributed by atoms with Crippen LogP contribution in [0.5, 0.6) is 6.01 Å². The predicted molar refractivity (Wildman–Crippen MR) is 83.3 cm³/mol. The molecule has 1 aliphatic rings. The summed E-state index contributed by atoms with van der Waals surface area (Å²) in [6.45, 7) is 0. The number of anilines is 1. The number of hydrogen-bond donors (Lipinski definition) is 2. The largest absolute Gasteiger partial charge is 0.457 e. The molecular formula is C17H17N3O. The summed E-state index contributed by atoms with van der Waals surface area (Å²) in [4.78, 5) is 7.69. The maximum atomic E-state index is 6.10. The summed E-state index contributed by atoms with van der Waals surface area (Å²) in [6, 6.07) is 14.7. The van der Waals surface area contributed by atoms with E-state index in [1.807, 2.05) is 18.2 Å². The van der Waals surface area contributed by atoms with E-state index < -0.39 is 0 Å². The molecule has 3 N–H and O–H groups in total. The Balaban J connectivity index is 1.66.